The molecule has 0 N–H and O–H groups in total. The zero-order valence-corrected chi connectivity index (χ0v) is 26.3. The maximum Gasteiger partial charge on any atom is 0.205 e. The third-order valence-corrected chi connectivity index (χ3v) is 10.0. The van der Waals surface area contributed by atoms with Crippen LogP contribution < -0.4 is 9.47 Å². The SMILES string of the molecule is CN(C)c1ccc(/C=C/c2cccc[n+]2CCSSCC[N+]2=CC=CCC2CCC2=CCC(N(C)C)C=C2)cc1. The Morgan fingerprint density at radius 2 is 1.73 bits per heavy atom. The molecule has 1 aliphatic carbocycles. The summed E-state index contributed by atoms with van der Waals surface area (Å²) in [7, 11) is 12.5. The first-order valence-electron chi connectivity index (χ1n) is 14.5. The van der Waals surface area contributed by atoms with Gasteiger partial charge in [0, 0.05) is 56.9 Å². The van der Waals surface area contributed by atoms with Crippen molar-refractivity contribution >= 4 is 45.6 Å². The number of aromatic nitrogens is 1. The summed E-state index contributed by atoms with van der Waals surface area (Å²) in [5, 5.41) is 0. The molecular formula is C34H46N4S2+2. The molecule has 1 aromatic heterocycles. The van der Waals surface area contributed by atoms with E-state index < -0.39 is 0 Å². The fourth-order valence-electron chi connectivity index (χ4n) is 5.07. The van der Waals surface area contributed by atoms with Crippen molar-refractivity contribution in [3.05, 3.63) is 95.9 Å². The molecule has 0 saturated heterocycles. The minimum Gasteiger partial charge on any atom is -0.378 e. The number of nitrogens with zero attached hydrogens (tertiary/aromatic N) is 4. The van der Waals surface area contributed by atoms with Crippen LogP contribution in [0.5, 0.6) is 0 Å². The monoisotopic (exact) mass is 574 g/mol. The number of rotatable bonds is 14. The molecular weight excluding hydrogens is 529 g/mol. The van der Waals surface area contributed by atoms with Crippen LogP contribution in [-0.4, -0.2) is 74.0 Å². The van der Waals surface area contributed by atoms with Crippen molar-refractivity contribution in [2.45, 2.75) is 44.3 Å². The number of aryl methyl sites for hydroxylation is 1. The molecule has 0 spiro atoms. The van der Waals surface area contributed by atoms with Crippen LogP contribution >= 0.6 is 21.6 Å². The Labute approximate surface area is 250 Å². The highest BCUT2D eigenvalue weighted by Gasteiger charge is 2.22. The summed E-state index contributed by atoms with van der Waals surface area (Å²) in [4.78, 5) is 4.42. The zero-order valence-electron chi connectivity index (χ0n) is 24.7. The summed E-state index contributed by atoms with van der Waals surface area (Å²) >= 11 is 0. The Bertz CT molecular complexity index is 1220. The van der Waals surface area contributed by atoms with Gasteiger partial charge < -0.3 is 9.80 Å². The molecule has 1 aromatic carbocycles. The van der Waals surface area contributed by atoms with Crippen LogP contribution in [0.3, 0.4) is 0 Å². The van der Waals surface area contributed by atoms with Gasteiger partial charge in [0.05, 0.1) is 11.5 Å². The lowest BCUT2D eigenvalue weighted by Gasteiger charge is -2.23. The van der Waals surface area contributed by atoms with Gasteiger partial charge in [0.25, 0.3) is 0 Å². The van der Waals surface area contributed by atoms with Crippen molar-refractivity contribution in [3.8, 4) is 0 Å². The second-order valence-corrected chi connectivity index (χ2v) is 13.6. The highest BCUT2D eigenvalue weighted by molar-refractivity contribution is 8.76. The molecule has 0 radical (unpaired) electrons. The second-order valence-electron chi connectivity index (χ2n) is 10.9. The van der Waals surface area contributed by atoms with Crippen molar-refractivity contribution in [1.29, 1.82) is 0 Å². The molecule has 40 heavy (non-hydrogen) atoms. The van der Waals surface area contributed by atoms with E-state index in [0.29, 0.717) is 12.1 Å². The van der Waals surface area contributed by atoms with Gasteiger partial charge in [-0.2, -0.15) is 4.57 Å². The van der Waals surface area contributed by atoms with E-state index in [4.69, 9.17) is 0 Å². The average molecular weight is 575 g/mol. The third kappa shape index (κ3) is 9.53. The molecule has 212 valence electrons. The van der Waals surface area contributed by atoms with Crippen LogP contribution in [0.1, 0.15) is 36.9 Å². The van der Waals surface area contributed by atoms with Gasteiger partial charge in [-0.3, -0.25) is 0 Å². The summed E-state index contributed by atoms with van der Waals surface area (Å²) in [6.45, 7) is 2.12. The zero-order chi connectivity index (χ0) is 28.2. The predicted molar refractivity (Wildman–Crippen MR) is 179 cm³/mol. The van der Waals surface area contributed by atoms with E-state index in [0.717, 1.165) is 37.4 Å². The number of benzene rings is 1. The number of hydrogen-bond donors (Lipinski definition) is 0. The minimum atomic E-state index is 0.551. The van der Waals surface area contributed by atoms with Crippen LogP contribution in [0.4, 0.5) is 5.69 Å². The van der Waals surface area contributed by atoms with E-state index in [1.54, 1.807) is 0 Å². The second kappa shape index (κ2) is 16.0. The van der Waals surface area contributed by atoms with Crippen LogP contribution in [0.25, 0.3) is 12.2 Å². The number of hydrogen-bond acceptors (Lipinski definition) is 4. The van der Waals surface area contributed by atoms with Crippen LogP contribution in [0, 0.1) is 0 Å². The summed E-state index contributed by atoms with van der Waals surface area (Å²) in [5.41, 5.74) is 5.19. The first-order valence-corrected chi connectivity index (χ1v) is 17.0. The highest BCUT2D eigenvalue weighted by Crippen LogP contribution is 2.23. The van der Waals surface area contributed by atoms with Gasteiger partial charge in [0.2, 0.25) is 5.69 Å². The molecule has 4 nitrogen and oxygen atoms in total. The van der Waals surface area contributed by atoms with Crippen molar-refractivity contribution in [2.24, 2.45) is 0 Å². The molecule has 6 heteroatoms. The highest BCUT2D eigenvalue weighted by atomic mass is 33.1. The Balaban J connectivity index is 1.17. The Morgan fingerprint density at radius 1 is 0.925 bits per heavy atom. The lowest BCUT2D eigenvalue weighted by Crippen LogP contribution is -2.37. The van der Waals surface area contributed by atoms with Crippen molar-refractivity contribution in [1.82, 2.24) is 4.90 Å². The first-order chi connectivity index (χ1) is 19.5. The molecule has 0 bridgehead atoms. The van der Waals surface area contributed by atoms with E-state index >= 15 is 0 Å². The van der Waals surface area contributed by atoms with Gasteiger partial charge in [0.15, 0.2) is 31.5 Å². The summed E-state index contributed by atoms with van der Waals surface area (Å²) < 4.78 is 4.93. The van der Waals surface area contributed by atoms with Gasteiger partial charge in [-0.25, -0.2) is 4.58 Å². The number of anilines is 1. The predicted octanol–water partition coefficient (Wildman–Crippen LogP) is 6.60. The van der Waals surface area contributed by atoms with Crippen molar-refractivity contribution in [3.63, 3.8) is 0 Å². The smallest absolute Gasteiger partial charge is 0.205 e. The molecule has 0 fully saturated rings. The molecule has 2 heterocycles. The molecule has 2 unspecified atom stereocenters. The van der Waals surface area contributed by atoms with Crippen LogP contribution in [0.2, 0.25) is 0 Å². The van der Waals surface area contributed by atoms with Gasteiger partial charge >= 0.3 is 0 Å². The van der Waals surface area contributed by atoms with Gasteiger partial charge in [-0.15, -0.1) is 0 Å². The fraction of sp³-hybridized carbons (Fsp3) is 0.412. The normalized spacial score (nSPS) is 18.8. The molecule has 4 rings (SSSR count). The topological polar surface area (TPSA) is 13.4 Å². The Hall–Kier alpha value is -2.54. The lowest BCUT2D eigenvalue weighted by atomic mass is 9.95. The molecule has 2 atom stereocenters. The number of allylic oxidation sites excluding steroid dienone is 3. The van der Waals surface area contributed by atoms with Crippen LogP contribution in [-0.2, 0) is 6.54 Å². The van der Waals surface area contributed by atoms with Gasteiger partial charge in [-0.1, -0.05) is 63.6 Å². The Kier molecular flexibility index (Phi) is 12.2. The van der Waals surface area contributed by atoms with Gasteiger partial charge in [-0.05, 0) is 62.9 Å². The summed E-state index contributed by atoms with van der Waals surface area (Å²) in [5.74, 6) is 2.24. The standard InChI is InChI=1S/C34H46N4S2/c1-35(2)31-17-11-29(12-18-31)15-21-33-9-5-7-23-37(33)25-27-39-40-28-26-38-24-8-6-10-34(38)22-16-30-13-19-32(20-14-30)36(3)4/h5-9,11-15,17-19,21,23-24,32,34H,10,16,20,22,25-28H2,1-4H3/q+2. The van der Waals surface area contributed by atoms with E-state index in [2.05, 4.69) is 145 Å². The molecule has 2 aromatic rings. The van der Waals surface area contributed by atoms with Crippen molar-refractivity contribution in [2.75, 3.05) is 51.1 Å². The van der Waals surface area contributed by atoms with E-state index in [1.807, 2.05) is 21.6 Å². The maximum atomic E-state index is 2.57. The molecule has 0 saturated carbocycles. The maximum absolute atomic E-state index is 2.57. The van der Waals surface area contributed by atoms with Gasteiger partial charge in [0.1, 0.15) is 0 Å². The number of likely N-dealkylation sites (N-methyl/N-ethyl adjacent to an activating group) is 1. The van der Waals surface area contributed by atoms with E-state index in [9.17, 15) is 0 Å². The third-order valence-electron chi connectivity index (χ3n) is 7.64. The van der Waals surface area contributed by atoms with Crippen molar-refractivity contribution < 1.29 is 9.14 Å². The Morgan fingerprint density at radius 3 is 2.45 bits per heavy atom. The van der Waals surface area contributed by atoms with Crippen LogP contribution in [0.15, 0.2) is 84.6 Å². The summed E-state index contributed by atoms with van der Waals surface area (Å²) in [6, 6.07) is 16.3. The molecule has 0 amide bonds. The lowest BCUT2D eigenvalue weighted by molar-refractivity contribution is -0.694. The van der Waals surface area contributed by atoms with E-state index in [-0.39, 0.29) is 0 Å². The quantitative estimate of drug-likeness (QED) is 0.143. The summed E-state index contributed by atoms with van der Waals surface area (Å²) in [6.07, 6.45) is 25.3. The largest absolute Gasteiger partial charge is 0.378 e. The fourth-order valence-corrected chi connectivity index (χ4v) is 7.01. The average Bonchev–Trinajstić information content (AvgIpc) is 2.98. The number of pyridine rings is 1. The molecule has 2 aliphatic rings. The van der Waals surface area contributed by atoms with E-state index in [1.165, 1.54) is 35.4 Å². The minimum absolute atomic E-state index is 0.551. The molecule has 1 aliphatic heterocycles. The first kappa shape index (κ1) is 30.4.